The van der Waals surface area contributed by atoms with Crippen molar-refractivity contribution in [2.24, 2.45) is 0 Å². The van der Waals surface area contributed by atoms with E-state index in [1.807, 2.05) is 0 Å². The second kappa shape index (κ2) is 9.11. The van der Waals surface area contributed by atoms with Crippen LogP contribution in [0.25, 0.3) is 10.2 Å². The number of anilines is 1. The summed E-state index contributed by atoms with van der Waals surface area (Å²) in [5, 5.41) is 4.41. The number of ether oxygens (including phenoxy) is 3. The molecule has 0 fully saturated rings. The minimum absolute atomic E-state index is 0.0127. The number of aromatic nitrogens is 2. The molecule has 1 aliphatic rings. The minimum Gasteiger partial charge on any atom is -0.465 e. The number of amides is 1. The highest BCUT2D eigenvalue weighted by molar-refractivity contribution is 7.17. The predicted octanol–water partition coefficient (Wildman–Crippen LogP) is 2.43. The van der Waals surface area contributed by atoms with Gasteiger partial charge in [0.25, 0.3) is 5.56 Å². The number of nitrogens with one attached hydrogen (secondary N) is 1. The summed E-state index contributed by atoms with van der Waals surface area (Å²) in [5.41, 5.74) is 0.847. The van der Waals surface area contributed by atoms with E-state index in [-0.39, 0.29) is 19.9 Å². The maximum Gasteiger partial charge on any atom is 0.337 e. The number of benzene rings is 2. The van der Waals surface area contributed by atoms with Gasteiger partial charge in [0.05, 0.1) is 24.7 Å². The molecule has 0 saturated carbocycles. The molecule has 5 rings (SSSR count). The molecule has 0 bridgehead atoms. The first-order chi connectivity index (χ1) is 16.9. The molecule has 0 aliphatic carbocycles. The van der Waals surface area contributed by atoms with Crippen LogP contribution in [0.1, 0.15) is 15.9 Å². The number of hydrogen-bond acceptors (Lipinski definition) is 8. The van der Waals surface area contributed by atoms with Crippen molar-refractivity contribution >= 4 is 39.1 Å². The molecular weight excluding hydrogens is 474 g/mol. The fourth-order valence-electron chi connectivity index (χ4n) is 3.80. The fourth-order valence-corrected chi connectivity index (χ4v) is 4.64. The molecule has 10 nitrogen and oxygen atoms in total. The molecule has 1 amide bonds. The van der Waals surface area contributed by atoms with E-state index < -0.39 is 23.1 Å². The first kappa shape index (κ1) is 22.4. The zero-order valence-corrected chi connectivity index (χ0v) is 19.3. The lowest BCUT2D eigenvalue weighted by Gasteiger charge is -2.13. The van der Waals surface area contributed by atoms with Crippen molar-refractivity contribution in [3.8, 4) is 11.5 Å². The molecular formula is C24H19N3O7S. The number of nitrogens with zero attached hydrogens (tertiary/aromatic N) is 2. The molecule has 0 radical (unpaired) electrons. The average Bonchev–Trinajstić information content (AvgIpc) is 3.54. The highest BCUT2D eigenvalue weighted by Crippen LogP contribution is 2.32. The molecule has 4 aromatic rings. The molecule has 35 heavy (non-hydrogen) atoms. The Bertz CT molecular complexity index is 1570. The van der Waals surface area contributed by atoms with Crippen molar-refractivity contribution in [1.29, 1.82) is 0 Å². The molecule has 0 saturated heterocycles. The van der Waals surface area contributed by atoms with Gasteiger partial charge in [0.15, 0.2) is 11.5 Å². The van der Waals surface area contributed by atoms with Crippen LogP contribution in [0.2, 0.25) is 0 Å². The Morgan fingerprint density at radius 3 is 2.57 bits per heavy atom. The van der Waals surface area contributed by atoms with Crippen LogP contribution in [-0.2, 0) is 22.6 Å². The third-order valence-corrected chi connectivity index (χ3v) is 6.40. The third kappa shape index (κ3) is 4.28. The Morgan fingerprint density at radius 1 is 1.03 bits per heavy atom. The smallest absolute Gasteiger partial charge is 0.337 e. The Morgan fingerprint density at radius 2 is 1.80 bits per heavy atom. The van der Waals surface area contributed by atoms with E-state index in [4.69, 9.17) is 9.47 Å². The van der Waals surface area contributed by atoms with Gasteiger partial charge in [0, 0.05) is 5.69 Å². The first-order valence-corrected chi connectivity index (χ1v) is 11.4. The predicted molar refractivity (Wildman–Crippen MR) is 128 cm³/mol. The summed E-state index contributed by atoms with van der Waals surface area (Å²) < 4.78 is 18.1. The van der Waals surface area contributed by atoms with Gasteiger partial charge in [-0.25, -0.2) is 9.59 Å². The summed E-state index contributed by atoms with van der Waals surface area (Å²) >= 11 is 1.21. The van der Waals surface area contributed by atoms with Crippen molar-refractivity contribution in [3.05, 3.63) is 85.9 Å². The number of carbonyl (C=O) groups is 2. The topological polar surface area (TPSA) is 118 Å². The lowest BCUT2D eigenvalue weighted by Crippen LogP contribution is -2.41. The summed E-state index contributed by atoms with van der Waals surface area (Å²) in [7, 11) is 1.28. The molecule has 1 N–H and O–H groups in total. The molecule has 2 aromatic carbocycles. The van der Waals surface area contributed by atoms with Crippen LogP contribution in [0.15, 0.2) is 63.5 Å². The zero-order valence-electron chi connectivity index (χ0n) is 18.5. The summed E-state index contributed by atoms with van der Waals surface area (Å²) in [4.78, 5) is 50.7. The SMILES string of the molecule is COC(=O)c1ccc(NC(=O)Cn2c(=O)n(Cc3ccc4c(c3)OCO4)c(=O)c3sccc32)cc1. The molecule has 0 spiro atoms. The van der Waals surface area contributed by atoms with Crippen molar-refractivity contribution < 1.29 is 23.8 Å². The van der Waals surface area contributed by atoms with E-state index in [1.165, 1.54) is 35.1 Å². The van der Waals surface area contributed by atoms with Gasteiger partial charge in [-0.1, -0.05) is 6.07 Å². The number of rotatable bonds is 6. The van der Waals surface area contributed by atoms with Crippen molar-refractivity contribution in [2.75, 3.05) is 19.2 Å². The number of esters is 1. The molecule has 1 aliphatic heterocycles. The Labute approximate surface area is 201 Å². The Kier molecular flexibility index (Phi) is 5.83. The Balaban J connectivity index is 1.43. The number of hydrogen-bond donors (Lipinski definition) is 1. The molecule has 178 valence electrons. The quantitative estimate of drug-likeness (QED) is 0.410. The molecule has 3 heterocycles. The average molecular weight is 493 g/mol. The highest BCUT2D eigenvalue weighted by Gasteiger charge is 2.19. The second-order valence-electron chi connectivity index (χ2n) is 7.70. The van der Waals surface area contributed by atoms with Crippen LogP contribution >= 0.6 is 11.3 Å². The number of fused-ring (bicyclic) bond motifs is 2. The number of thiophene rings is 1. The lowest BCUT2D eigenvalue weighted by atomic mass is 10.2. The van der Waals surface area contributed by atoms with Gasteiger partial charge in [-0.15, -0.1) is 11.3 Å². The van der Waals surface area contributed by atoms with Crippen LogP contribution in [0.3, 0.4) is 0 Å². The number of carbonyl (C=O) groups excluding carboxylic acids is 2. The van der Waals surface area contributed by atoms with Crippen molar-refractivity contribution in [3.63, 3.8) is 0 Å². The summed E-state index contributed by atoms with van der Waals surface area (Å²) in [5.74, 6) is 0.201. The summed E-state index contributed by atoms with van der Waals surface area (Å²) in [6, 6.07) is 13.0. The summed E-state index contributed by atoms with van der Waals surface area (Å²) in [6.45, 7) is -0.168. The van der Waals surface area contributed by atoms with Gasteiger partial charge in [-0.3, -0.25) is 18.7 Å². The number of methoxy groups -OCH3 is 1. The van der Waals surface area contributed by atoms with E-state index in [0.29, 0.717) is 38.5 Å². The van der Waals surface area contributed by atoms with E-state index >= 15 is 0 Å². The fraction of sp³-hybridized carbons (Fsp3) is 0.167. The van der Waals surface area contributed by atoms with Gasteiger partial charge in [-0.2, -0.15) is 0 Å². The van der Waals surface area contributed by atoms with Crippen LogP contribution in [0.5, 0.6) is 11.5 Å². The van der Waals surface area contributed by atoms with Gasteiger partial charge in [0.2, 0.25) is 12.7 Å². The van der Waals surface area contributed by atoms with E-state index in [9.17, 15) is 19.2 Å². The molecule has 11 heteroatoms. The van der Waals surface area contributed by atoms with Gasteiger partial charge >= 0.3 is 11.7 Å². The minimum atomic E-state index is -0.602. The van der Waals surface area contributed by atoms with Gasteiger partial charge in [0.1, 0.15) is 11.2 Å². The maximum atomic E-state index is 13.3. The van der Waals surface area contributed by atoms with Crippen LogP contribution in [-0.4, -0.2) is 34.9 Å². The van der Waals surface area contributed by atoms with E-state index in [0.717, 1.165) is 4.57 Å². The monoisotopic (exact) mass is 493 g/mol. The third-order valence-electron chi connectivity index (χ3n) is 5.51. The van der Waals surface area contributed by atoms with E-state index in [1.54, 1.807) is 41.8 Å². The van der Waals surface area contributed by atoms with Gasteiger partial charge in [-0.05, 0) is 53.4 Å². The normalized spacial score (nSPS) is 12.0. The van der Waals surface area contributed by atoms with Crippen molar-refractivity contribution in [2.45, 2.75) is 13.1 Å². The summed E-state index contributed by atoms with van der Waals surface area (Å²) in [6.07, 6.45) is 0. The van der Waals surface area contributed by atoms with E-state index in [2.05, 4.69) is 10.1 Å². The van der Waals surface area contributed by atoms with Gasteiger partial charge < -0.3 is 19.5 Å². The van der Waals surface area contributed by atoms with Crippen molar-refractivity contribution in [1.82, 2.24) is 9.13 Å². The molecule has 2 aromatic heterocycles. The van der Waals surface area contributed by atoms with Crippen LogP contribution < -0.4 is 26.0 Å². The molecule has 0 atom stereocenters. The largest absolute Gasteiger partial charge is 0.465 e. The maximum absolute atomic E-state index is 13.3. The first-order valence-electron chi connectivity index (χ1n) is 10.5. The lowest BCUT2D eigenvalue weighted by molar-refractivity contribution is -0.116. The standard InChI is InChI=1S/C24H19N3O7S/c1-32-23(30)15-3-5-16(6-4-15)25-20(28)12-26-17-8-9-35-21(17)22(29)27(24(26)31)11-14-2-7-18-19(10-14)34-13-33-18/h2-10H,11-13H2,1H3,(H,25,28). The van der Waals surface area contributed by atoms with Crippen LogP contribution in [0.4, 0.5) is 5.69 Å². The van der Waals surface area contributed by atoms with Crippen LogP contribution in [0, 0.1) is 0 Å². The molecule has 0 unspecified atom stereocenters. The Hall–Kier alpha value is -4.38. The highest BCUT2D eigenvalue weighted by atomic mass is 32.1. The second-order valence-corrected chi connectivity index (χ2v) is 8.62. The zero-order chi connectivity index (χ0) is 24.5.